The highest BCUT2D eigenvalue weighted by molar-refractivity contribution is 7.99. The van der Waals surface area contributed by atoms with Gasteiger partial charge in [0.15, 0.2) is 0 Å². The molecule has 4 aromatic carbocycles. The molecule has 7 aromatic rings. The summed E-state index contributed by atoms with van der Waals surface area (Å²) >= 11 is 3.57. The third-order valence-electron chi connectivity index (χ3n) is 8.44. The van der Waals surface area contributed by atoms with Crippen molar-refractivity contribution >= 4 is 45.3 Å². The second-order valence-electron chi connectivity index (χ2n) is 11.0. The van der Waals surface area contributed by atoms with E-state index in [1.807, 2.05) is 76.1 Å². The van der Waals surface area contributed by atoms with E-state index >= 15 is 0 Å². The minimum atomic E-state index is -0.334. The van der Waals surface area contributed by atoms with Gasteiger partial charge in [0.1, 0.15) is 23.1 Å². The molecule has 3 heterocycles. The minimum Gasteiger partial charge on any atom is -0.457 e. The predicted molar refractivity (Wildman–Crippen MR) is 185 cm³/mol. The molecule has 0 radical (unpaired) electrons. The lowest BCUT2D eigenvalue weighted by Gasteiger charge is -2.19. The van der Waals surface area contributed by atoms with Gasteiger partial charge >= 0.3 is 0 Å². The average molecular weight is 631 g/mol. The standard InChI is InChI=1S/C37H31FN4OS2/c1-22-23(2)36(44-4)35(37(45-5)24(22)3)25-20-40-41(21-25)27-9-8-10-28(18-27)43-29-13-14-31-30-11-6-7-12-32(30)42(33(31)19-29)34-17-26(38)15-16-39-34/h6-21H,1-5H3. The van der Waals surface area contributed by atoms with Crippen LogP contribution < -0.4 is 4.74 Å². The van der Waals surface area contributed by atoms with Crippen molar-refractivity contribution in [2.75, 3.05) is 12.5 Å². The highest BCUT2D eigenvalue weighted by atomic mass is 32.2. The van der Waals surface area contributed by atoms with Crippen molar-refractivity contribution in [1.82, 2.24) is 19.3 Å². The molecule has 0 saturated heterocycles. The molecule has 0 atom stereocenters. The number of aromatic nitrogens is 4. The van der Waals surface area contributed by atoms with Crippen LogP contribution in [-0.4, -0.2) is 31.8 Å². The second-order valence-corrected chi connectivity index (χ2v) is 12.6. The van der Waals surface area contributed by atoms with Crippen molar-refractivity contribution in [1.29, 1.82) is 0 Å². The van der Waals surface area contributed by atoms with Crippen molar-refractivity contribution in [2.45, 2.75) is 30.6 Å². The van der Waals surface area contributed by atoms with E-state index in [2.05, 4.69) is 50.5 Å². The van der Waals surface area contributed by atoms with Crippen molar-refractivity contribution in [3.8, 4) is 34.1 Å². The fourth-order valence-electron chi connectivity index (χ4n) is 6.07. The van der Waals surface area contributed by atoms with Crippen LogP contribution in [0.4, 0.5) is 4.39 Å². The number of benzene rings is 4. The van der Waals surface area contributed by atoms with Gasteiger partial charge in [0, 0.05) is 62.3 Å². The number of rotatable bonds is 7. The Labute approximate surface area is 270 Å². The number of thioether (sulfide) groups is 2. The SMILES string of the molecule is CSc1c(C)c(C)c(C)c(SC)c1-c1cnn(-c2cccc(Oc3ccc4c5ccccc5n(-c5cc(F)ccn5)c4c3)c2)c1. The third kappa shape index (κ3) is 5.08. The normalized spacial score (nSPS) is 11.5. The van der Waals surface area contributed by atoms with Gasteiger partial charge in [0.25, 0.3) is 0 Å². The van der Waals surface area contributed by atoms with E-state index in [0.717, 1.165) is 33.1 Å². The molecule has 0 aliphatic heterocycles. The lowest BCUT2D eigenvalue weighted by atomic mass is 9.97. The van der Waals surface area contributed by atoms with Gasteiger partial charge in [-0.15, -0.1) is 23.5 Å². The Kier molecular flexibility index (Phi) is 7.63. The van der Waals surface area contributed by atoms with Gasteiger partial charge in [-0.2, -0.15) is 5.10 Å². The van der Waals surface area contributed by atoms with Crippen molar-refractivity contribution in [2.24, 2.45) is 0 Å². The largest absolute Gasteiger partial charge is 0.457 e. The Morgan fingerprint density at radius 3 is 2.22 bits per heavy atom. The van der Waals surface area contributed by atoms with Crippen molar-refractivity contribution in [3.63, 3.8) is 0 Å². The molecule has 8 heteroatoms. The predicted octanol–water partition coefficient (Wildman–Crippen LogP) is 10.3. The molecule has 0 fully saturated rings. The molecule has 224 valence electrons. The highest BCUT2D eigenvalue weighted by Gasteiger charge is 2.20. The zero-order chi connectivity index (χ0) is 31.2. The molecule has 0 bridgehead atoms. The quantitative estimate of drug-likeness (QED) is 0.164. The summed E-state index contributed by atoms with van der Waals surface area (Å²) in [7, 11) is 0. The molecule has 45 heavy (non-hydrogen) atoms. The Morgan fingerprint density at radius 2 is 1.47 bits per heavy atom. The van der Waals surface area contributed by atoms with E-state index in [-0.39, 0.29) is 5.82 Å². The summed E-state index contributed by atoms with van der Waals surface area (Å²) in [4.78, 5) is 7.05. The lowest BCUT2D eigenvalue weighted by molar-refractivity contribution is 0.483. The first-order chi connectivity index (χ1) is 21.9. The van der Waals surface area contributed by atoms with Gasteiger partial charge in [0.05, 0.1) is 22.9 Å². The molecular weight excluding hydrogens is 600 g/mol. The summed E-state index contributed by atoms with van der Waals surface area (Å²) in [5.74, 6) is 1.54. The summed E-state index contributed by atoms with van der Waals surface area (Å²) in [6, 6.07) is 24.8. The van der Waals surface area contributed by atoms with Crippen LogP contribution >= 0.6 is 23.5 Å². The first kappa shape index (κ1) is 29.2. The molecule has 0 saturated carbocycles. The van der Waals surface area contributed by atoms with Gasteiger partial charge < -0.3 is 4.74 Å². The molecule has 0 aliphatic carbocycles. The highest BCUT2D eigenvalue weighted by Crippen LogP contribution is 2.44. The van der Waals surface area contributed by atoms with E-state index in [4.69, 9.17) is 9.84 Å². The van der Waals surface area contributed by atoms with Gasteiger partial charge in [-0.3, -0.25) is 4.57 Å². The first-order valence-electron chi connectivity index (χ1n) is 14.6. The van der Waals surface area contributed by atoms with E-state index in [1.54, 1.807) is 23.5 Å². The Bertz CT molecular complexity index is 2210. The molecule has 0 unspecified atom stereocenters. The summed E-state index contributed by atoms with van der Waals surface area (Å²) < 4.78 is 24.5. The summed E-state index contributed by atoms with van der Waals surface area (Å²) in [5.41, 5.74) is 9.05. The maximum atomic E-state index is 14.2. The average Bonchev–Trinajstić information content (AvgIpc) is 3.67. The molecular formula is C37H31FN4OS2. The topological polar surface area (TPSA) is 44.9 Å². The van der Waals surface area contributed by atoms with E-state index in [9.17, 15) is 4.39 Å². The summed E-state index contributed by atoms with van der Waals surface area (Å²) in [5, 5.41) is 6.87. The van der Waals surface area contributed by atoms with Crippen LogP contribution in [0.3, 0.4) is 0 Å². The fourth-order valence-corrected chi connectivity index (χ4v) is 7.90. The van der Waals surface area contributed by atoms with Crippen molar-refractivity contribution in [3.05, 3.63) is 120 Å². The molecule has 0 spiro atoms. The van der Waals surface area contributed by atoms with E-state index in [1.165, 1.54) is 50.4 Å². The van der Waals surface area contributed by atoms with Crippen LogP contribution in [0.1, 0.15) is 16.7 Å². The van der Waals surface area contributed by atoms with Crippen LogP contribution in [0.25, 0.3) is 44.4 Å². The van der Waals surface area contributed by atoms with Crippen LogP contribution in [-0.2, 0) is 0 Å². The molecule has 7 rings (SSSR count). The third-order valence-corrected chi connectivity index (χ3v) is 10.3. The zero-order valence-electron chi connectivity index (χ0n) is 25.6. The Morgan fingerprint density at radius 1 is 0.733 bits per heavy atom. The van der Waals surface area contributed by atoms with E-state index < -0.39 is 0 Å². The number of hydrogen-bond acceptors (Lipinski definition) is 5. The monoisotopic (exact) mass is 630 g/mol. The summed E-state index contributed by atoms with van der Waals surface area (Å²) in [6.07, 6.45) is 9.81. The van der Waals surface area contributed by atoms with Gasteiger partial charge in [-0.25, -0.2) is 14.1 Å². The molecule has 0 aliphatic rings. The number of nitrogens with zero attached hydrogens (tertiary/aromatic N) is 4. The molecule has 0 N–H and O–H groups in total. The van der Waals surface area contributed by atoms with Crippen LogP contribution in [0.15, 0.2) is 107 Å². The molecule has 3 aromatic heterocycles. The first-order valence-corrected chi connectivity index (χ1v) is 17.0. The zero-order valence-corrected chi connectivity index (χ0v) is 27.3. The van der Waals surface area contributed by atoms with Gasteiger partial charge in [-0.05, 0) is 86.4 Å². The number of fused-ring (bicyclic) bond motifs is 3. The van der Waals surface area contributed by atoms with E-state index in [0.29, 0.717) is 17.3 Å². The minimum absolute atomic E-state index is 0.334. The maximum absolute atomic E-state index is 14.2. The van der Waals surface area contributed by atoms with Crippen molar-refractivity contribution < 1.29 is 9.13 Å². The molecule has 5 nitrogen and oxygen atoms in total. The smallest absolute Gasteiger partial charge is 0.140 e. The molecule has 0 amide bonds. The summed E-state index contributed by atoms with van der Waals surface area (Å²) in [6.45, 7) is 6.62. The Hall–Kier alpha value is -4.53. The van der Waals surface area contributed by atoms with Crippen LogP contribution in [0, 0.1) is 26.6 Å². The fraction of sp³-hybridized carbons (Fsp3) is 0.135. The van der Waals surface area contributed by atoms with Gasteiger partial charge in [0.2, 0.25) is 0 Å². The van der Waals surface area contributed by atoms with Crippen LogP contribution in [0.2, 0.25) is 0 Å². The Balaban J connectivity index is 1.26. The number of halogens is 1. The number of para-hydroxylation sites is 1. The number of ether oxygens (including phenoxy) is 1. The van der Waals surface area contributed by atoms with Crippen LogP contribution in [0.5, 0.6) is 11.5 Å². The number of hydrogen-bond donors (Lipinski definition) is 0. The number of pyridine rings is 1. The maximum Gasteiger partial charge on any atom is 0.140 e. The second kappa shape index (κ2) is 11.8. The van der Waals surface area contributed by atoms with Gasteiger partial charge in [-0.1, -0.05) is 24.3 Å². The lowest BCUT2D eigenvalue weighted by Crippen LogP contribution is -1.98.